The minimum absolute atomic E-state index is 0.246. The van der Waals surface area contributed by atoms with Crippen LogP contribution in [0, 0.1) is 0 Å². The molecule has 0 aliphatic carbocycles. The first-order valence-corrected chi connectivity index (χ1v) is 7.95. The lowest BCUT2D eigenvalue weighted by Gasteiger charge is -2.32. The quantitative estimate of drug-likeness (QED) is 0.681. The normalized spacial score (nSPS) is 21.6. The molecule has 0 bridgehead atoms. The Morgan fingerprint density at radius 2 is 2.00 bits per heavy atom. The van der Waals surface area contributed by atoms with Gasteiger partial charge < -0.3 is 5.11 Å². The second-order valence-corrected chi connectivity index (χ2v) is 5.88. The second-order valence-electron chi connectivity index (χ2n) is 4.73. The Morgan fingerprint density at radius 1 is 1.29 bits per heavy atom. The first kappa shape index (κ1) is 14.8. The van der Waals surface area contributed by atoms with Crippen LogP contribution in [0.5, 0.6) is 0 Å². The number of carbonyl (C=O) groups is 1. The van der Waals surface area contributed by atoms with Gasteiger partial charge in [-0.3, -0.25) is 9.69 Å². The number of thioether (sulfide) groups is 1. The number of unbranched alkanes of at least 4 members (excludes halogenated alkanes) is 5. The maximum Gasteiger partial charge on any atom is 0.321 e. The topological polar surface area (TPSA) is 40.5 Å². The predicted octanol–water partition coefficient (Wildman–Crippen LogP) is 2.85. The highest BCUT2D eigenvalue weighted by Crippen LogP contribution is 2.17. The Kier molecular flexibility index (Phi) is 7.69. The number of nitrogens with zero attached hydrogens (tertiary/aromatic N) is 1. The molecule has 100 valence electrons. The maximum absolute atomic E-state index is 11.1. The van der Waals surface area contributed by atoms with Crippen LogP contribution in [0.3, 0.4) is 0 Å². The summed E-state index contributed by atoms with van der Waals surface area (Å²) in [5, 5.41) is 9.13. The van der Waals surface area contributed by atoms with Crippen molar-refractivity contribution < 1.29 is 9.90 Å². The third kappa shape index (κ3) is 5.77. The van der Waals surface area contributed by atoms with Crippen molar-refractivity contribution in [3.8, 4) is 0 Å². The molecule has 1 aliphatic heterocycles. The summed E-state index contributed by atoms with van der Waals surface area (Å²) in [6.07, 6.45) is 7.64. The van der Waals surface area contributed by atoms with Gasteiger partial charge in [-0.05, 0) is 13.0 Å². The van der Waals surface area contributed by atoms with Gasteiger partial charge in [0, 0.05) is 18.1 Å². The standard InChI is InChI=1S/C13H25NO2S/c1-2-3-4-5-6-7-8-14-9-10-17-11-12(14)13(15)16/h12H,2-11H2,1H3,(H,15,16). The average molecular weight is 259 g/mol. The summed E-state index contributed by atoms with van der Waals surface area (Å²) in [5.41, 5.74) is 0. The molecule has 1 aliphatic rings. The van der Waals surface area contributed by atoms with Gasteiger partial charge in [-0.2, -0.15) is 11.8 Å². The fourth-order valence-corrected chi connectivity index (χ4v) is 3.34. The number of rotatable bonds is 8. The molecule has 3 nitrogen and oxygen atoms in total. The van der Waals surface area contributed by atoms with Crippen LogP contribution in [0.25, 0.3) is 0 Å². The first-order valence-electron chi connectivity index (χ1n) is 6.80. The van der Waals surface area contributed by atoms with E-state index < -0.39 is 5.97 Å². The summed E-state index contributed by atoms with van der Waals surface area (Å²) in [7, 11) is 0. The van der Waals surface area contributed by atoms with E-state index >= 15 is 0 Å². The van der Waals surface area contributed by atoms with Crippen molar-refractivity contribution in [3.63, 3.8) is 0 Å². The lowest BCUT2D eigenvalue weighted by molar-refractivity contribution is -0.142. The smallest absolute Gasteiger partial charge is 0.321 e. The molecular weight excluding hydrogens is 234 g/mol. The largest absolute Gasteiger partial charge is 0.480 e. The van der Waals surface area contributed by atoms with Gasteiger partial charge in [0.1, 0.15) is 6.04 Å². The molecule has 0 radical (unpaired) electrons. The molecule has 0 amide bonds. The molecule has 0 aromatic rings. The zero-order valence-electron chi connectivity index (χ0n) is 10.9. The molecule has 1 N–H and O–H groups in total. The molecule has 4 heteroatoms. The van der Waals surface area contributed by atoms with Crippen LogP contribution in [-0.2, 0) is 4.79 Å². The maximum atomic E-state index is 11.1. The summed E-state index contributed by atoms with van der Waals surface area (Å²) in [6, 6.07) is -0.246. The Hall–Kier alpha value is -0.220. The number of hydrogen-bond acceptors (Lipinski definition) is 3. The summed E-state index contributed by atoms with van der Waals surface area (Å²) in [5.74, 6) is 1.19. The van der Waals surface area contributed by atoms with E-state index in [-0.39, 0.29) is 6.04 Å². The van der Waals surface area contributed by atoms with E-state index in [9.17, 15) is 4.79 Å². The monoisotopic (exact) mass is 259 g/mol. The molecule has 0 aromatic carbocycles. The zero-order chi connectivity index (χ0) is 12.5. The van der Waals surface area contributed by atoms with Gasteiger partial charge in [-0.1, -0.05) is 39.0 Å². The van der Waals surface area contributed by atoms with E-state index in [1.807, 2.05) is 0 Å². The molecule has 1 fully saturated rings. The lowest BCUT2D eigenvalue weighted by atomic mass is 10.1. The van der Waals surface area contributed by atoms with E-state index in [1.54, 1.807) is 11.8 Å². The summed E-state index contributed by atoms with van der Waals surface area (Å²) >= 11 is 1.76. The highest BCUT2D eigenvalue weighted by molar-refractivity contribution is 7.99. The molecule has 1 atom stereocenters. The Labute approximate surface area is 109 Å². The van der Waals surface area contributed by atoms with Gasteiger partial charge in [0.05, 0.1) is 0 Å². The summed E-state index contributed by atoms with van der Waals surface area (Å²) in [4.78, 5) is 13.2. The van der Waals surface area contributed by atoms with Crippen molar-refractivity contribution >= 4 is 17.7 Å². The van der Waals surface area contributed by atoms with E-state index in [0.717, 1.165) is 31.0 Å². The third-order valence-corrected chi connectivity index (χ3v) is 4.35. The van der Waals surface area contributed by atoms with Gasteiger partial charge >= 0.3 is 5.97 Å². The molecule has 0 saturated carbocycles. The van der Waals surface area contributed by atoms with Crippen LogP contribution >= 0.6 is 11.8 Å². The highest BCUT2D eigenvalue weighted by Gasteiger charge is 2.27. The van der Waals surface area contributed by atoms with Crippen LogP contribution in [-0.4, -0.2) is 46.6 Å². The zero-order valence-corrected chi connectivity index (χ0v) is 11.7. The third-order valence-electron chi connectivity index (χ3n) is 3.32. The van der Waals surface area contributed by atoms with E-state index in [2.05, 4.69) is 11.8 Å². The van der Waals surface area contributed by atoms with Crippen molar-refractivity contribution in [1.29, 1.82) is 0 Å². The minimum Gasteiger partial charge on any atom is -0.480 e. The summed E-state index contributed by atoms with van der Waals surface area (Å²) in [6.45, 7) is 4.13. The van der Waals surface area contributed by atoms with Crippen LogP contribution in [0.2, 0.25) is 0 Å². The van der Waals surface area contributed by atoms with Gasteiger partial charge in [-0.15, -0.1) is 0 Å². The molecule has 1 heterocycles. The second kappa shape index (κ2) is 8.81. The molecular formula is C13H25NO2S. The van der Waals surface area contributed by atoms with E-state index in [1.165, 1.54) is 32.1 Å². The van der Waals surface area contributed by atoms with Crippen LogP contribution in [0.4, 0.5) is 0 Å². The molecule has 1 unspecified atom stereocenters. The predicted molar refractivity (Wildman–Crippen MR) is 73.7 cm³/mol. The van der Waals surface area contributed by atoms with Crippen LogP contribution in [0.1, 0.15) is 45.4 Å². The fraction of sp³-hybridized carbons (Fsp3) is 0.923. The Balaban J connectivity index is 2.13. The van der Waals surface area contributed by atoms with Gasteiger partial charge in [-0.25, -0.2) is 0 Å². The van der Waals surface area contributed by atoms with Crippen LogP contribution < -0.4 is 0 Å². The Morgan fingerprint density at radius 3 is 2.71 bits per heavy atom. The van der Waals surface area contributed by atoms with E-state index in [0.29, 0.717) is 0 Å². The number of carboxylic acid groups (broad SMARTS) is 1. The average Bonchev–Trinajstić information content (AvgIpc) is 2.34. The number of hydrogen-bond donors (Lipinski definition) is 1. The van der Waals surface area contributed by atoms with E-state index in [4.69, 9.17) is 5.11 Å². The minimum atomic E-state index is -0.650. The van der Waals surface area contributed by atoms with Crippen molar-refractivity contribution in [2.24, 2.45) is 0 Å². The van der Waals surface area contributed by atoms with Crippen LogP contribution in [0.15, 0.2) is 0 Å². The van der Waals surface area contributed by atoms with Crippen molar-refractivity contribution in [3.05, 3.63) is 0 Å². The molecule has 0 spiro atoms. The fourth-order valence-electron chi connectivity index (χ4n) is 2.23. The molecule has 1 saturated heterocycles. The number of aliphatic carboxylic acids is 1. The molecule has 1 rings (SSSR count). The van der Waals surface area contributed by atoms with Gasteiger partial charge in [0.15, 0.2) is 0 Å². The van der Waals surface area contributed by atoms with Gasteiger partial charge in [0.2, 0.25) is 0 Å². The summed E-state index contributed by atoms with van der Waals surface area (Å²) < 4.78 is 0. The molecule has 0 aromatic heterocycles. The first-order chi connectivity index (χ1) is 8.25. The SMILES string of the molecule is CCCCCCCCN1CCSCC1C(=O)O. The van der Waals surface area contributed by atoms with Gasteiger partial charge in [0.25, 0.3) is 0 Å². The van der Waals surface area contributed by atoms with Crippen molar-refractivity contribution in [2.75, 3.05) is 24.6 Å². The highest BCUT2D eigenvalue weighted by atomic mass is 32.2. The Bertz CT molecular complexity index is 223. The van der Waals surface area contributed by atoms with Crippen molar-refractivity contribution in [2.45, 2.75) is 51.5 Å². The van der Waals surface area contributed by atoms with Crippen molar-refractivity contribution in [1.82, 2.24) is 4.90 Å². The lowest BCUT2D eigenvalue weighted by Crippen LogP contribution is -2.47. The molecule has 17 heavy (non-hydrogen) atoms. The number of carboxylic acids is 1.